The summed E-state index contributed by atoms with van der Waals surface area (Å²) in [7, 11) is 3.08. The molecule has 4 rings (SSSR count). The van der Waals surface area contributed by atoms with E-state index in [1.165, 1.54) is 11.6 Å². The van der Waals surface area contributed by atoms with Gasteiger partial charge in [0.05, 0.1) is 5.69 Å². The summed E-state index contributed by atoms with van der Waals surface area (Å²) in [5.74, 6) is 0. The van der Waals surface area contributed by atoms with Gasteiger partial charge in [-0.25, -0.2) is 9.78 Å². The lowest BCUT2D eigenvalue weighted by atomic mass is 10.0. The molecule has 0 aliphatic heterocycles. The van der Waals surface area contributed by atoms with Crippen LogP contribution in [0.15, 0.2) is 76.4 Å². The van der Waals surface area contributed by atoms with Gasteiger partial charge < -0.3 is 5.32 Å². The molecule has 2 aromatic carbocycles. The molecule has 2 heterocycles. The van der Waals surface area contributed by atoms with Crippen LogP contribution in [0, 0.1) is 0 Å². The van der Waals surface area contributed by atoms with Crippen molar-refractivity contribution in [2.45, 2.75) is 0 Å². The first-order chi connectivity index (χ1) is 13.1. The molecule has 0 saturated heterocycles. The lowest BCUT2D eigenvalue weighted by Crippen LogP contribution is -2.37. The molecule has 0 saturated carbocycles. The third-order valence-corrected chi connectivity index (χ3v) is 4.62. The maximum Gasteiger partial charge on any atom is 0.332 e. The van der Waals surface area contributed by atoms with Crippen LogP contribution in [0.1, 0.15) is 0 Å². The first kappa shape index (κ1) is 16.8. The lowest BCUT2D eigenvalue weighted by Gasteiger charge is -2.15. The summed E-state index contributed by atoms with van der Waals surface area (Å²) in [5, 5.41) is 3.74. The van der Waals surface area contributed by atoms with Crippen molar-refractivity contribution in [3.8, 4) is 11.1 Å². The van der Waals surface area contributed by atoms with E-state index in [9.17, 15) is 9.59 Å². The van der Waals surface area contributed by atoms with Crippen LogP contribution in [-0.4, -0.2) is 14.1 Å². The summed E-state index contributed by atoms with van der Waals surface area (Å²) in [6.45, 7) is 0. The van der Waals surface area contributed by atoms with Crippen LogP contribution in [0.3, 0.4) is 0 Å². The fourth-order valence-electron chi connectivity index (χ4n) is 3.20. The van der Waals surface area contributed by atoms with Gasteiger partial charge in [-0.3, -0.25) is 13.9 Å². The second kappa shape index (κ2) is 6.57. The summed E-state index contributed by atoms with van der Waals surface area (Å²) in [4.78, 5) is 29.2. The van der Waals surface area contributed by atoms with Crippen molar-refractivity contribution in [1.29, 1.82) is 0 Å². The summed E-state index contributed by atoms with van der Waals surface area (Å²) in [5.41, 5.74) is 3.14. The number of aryl methyl sites for hydroxylation is 1. The van der Waals surface area contributed by atoms with Gasteiger partial charge in [0.15, 0.2) is 5.65 Å². The average Bonchev–Trinajstić information content (AvgIpc) is 2.71. The molecule has 0 spiro atoms. The van der Waals surface area contributed by atoms with Crippen LogP contribution in [0.2, 0.25) is 0 Å². The highest BCUT2D eigenvalue weighted by atomic mass is 16.2. The van der Waals surface area contributed by atoms with E-state index in [-0.39, 0.29) is 5.56 Å². The van der Waals surface area contributed by atoms with Crippen molar-refractivity contribution >= 4 is 22.4 Å². The average molecular weight is 358 g/mol. The molecule has 6 heteroatoms. The van der Waals surface area contributed by atoms with Gasteiger partial charge in [-0.05, 0) is 17.7 Å². The van der Waals surface area contributed by atoms with Crippen LogP contribution in [-0.2, 0) is 14.1 Å². The van der Waals surface area contributed by atoms with Gasteiger partial charge in [0.2, 0.25) is 0 Å². The van der Waals surface area contributed by atoms with E-state index in [2.05, 4.69) is 10.3 Å². The summed E-state index contributed by atoms with van der Waals surface area (Å²) >= 11 is 0. The molecule has 0 unspecified atom stereocenters. The fourth-order valence-corrected chi connectivity index (χ4v) is 3.20. The van der Waals surface area contributed by atoms with E-state index in [0.717, 1.165) is 21.4 Å². The Bertz CT molecular complexity index is 1260. The van der Waals surface area contributed by atoms with E-state index in [0.29, 0.717) is 16.7 Å². The second-order valence-corrected chi connectivity index (χ2v) is 6.30. The minimum absolute atomic E-state index is 0.352. The van der Waals surface area contributed by atoms with Gasteiger partial charge in [-0.2, -0.15) is 0 Å². The van der Waals surface area contributed by atoms with Crippen molar-refractivity contribution in [2.24, 2.45) is 14.1 Å². The van der Waals surface area contributed by atoms with Gasteiger partial charge in [0.25, 0.3) is 5.56 Å². The van der Waals surface area contributed by atoms with Gasteiger partial charge in [-0.1, -0.05) is 48.5 Å². The van der Waals surface area contributed by atoms with Crippen LogP contribution in [0.5, 0.6) is 0 Å². The van der Waals surface area contributed by atoms with Crippen molar-refractivity contribution in [1.82, 2.24) is 14.1 Å². The largest absolute Gasteiger partial charge is 0.354 e. The predicted molar refractivity (Wildman–Crippen MR) is 107 cm³/mol. The smallest absolute Gasteiger partial charge is 0.332 e. The number of hydrogen-bond donors (Lipinski definition) is 1. The molecule has 27 heavy (non-hydrogen) atoms. The van der Waals surface area contributed by atoms with E-state index in [4.69, 9.17) is 0 Å². The van der Waals surface area contributed by atoms with Crippen molar-refractivity contribution in [2.75, 3.05) is 5.32 Å². The molecule has 0 fully saturated rings. The Morgan fingerprint density at radius 2 is 1.52 bits per heavy atom. The molecule has 0 radical (unpaired) electrons. The minimum atomic E-state index is -0.401. The number of aromatic nitrogens is 3. The Kier molecular flexibility index (Phi) is 4.08. The Balaban J connectivity index is 1.92. The third-order valence-electron chi connectivity index (χ3n) is 4.62. The standard InChI is InChI=1S/C21H18N4O2/c1-24-19-18(20(26)25(2)21(24)27)17(12-13-22-19)23-16-11-7-6-10-15(16)14-8-4-3-5-9-14/h3-13H,1-2H3,(H,22,23). The Labute approximate surface area is 155 Å². The molecule has 0 atom stereocenters. The molecule has 1 N–H and O–H groups in total. The third kappa shape index (κ3) is 2.81. The molecule has 2 aromatic heterocycles. The number of rotatable bonds is 3. The van der Waals surface area contributed by atoms with Gasteiger partial charge in [-0.15, -0.1) is 0 Å². The van der Waals surface area contributed by atoms with Crippen LogP contribution in [0.25, 0.3) is 22.2 Å². The quantitative estimate of drug-likeness (QED) is 0.611. The number of para-hydroxylation sites is 1. The Morgan fingerprint density at radius 3 is 2.30 bits per heavy atom. The van der Waals surface area contributed by atoms with Crippen LogP contribution < -0.4 is 16.6 Å². The molecule has 0 aliphatic rings. The SMILES string of the molecule is Cn1c(=O)c2c(Nc3ccccc3-c3ccccc3)ccnc2n(C)c1=O. The van der Waals surface area contributed by atoms with Crippen molar-refractivity contribution < 1.29 is 0 Å². The summed E-state index contributed by atoms with van der Waals surface area (Å²) in [6, 6.07) is 19.7. The monoisotopic (exact) mass is 358 g/mol. The van der Waals surface area contributed by atoms with Crippen molar-refractivity contribution in [3.05, 3.63) is 87.7 Å². The topological polar surface area (TPSA) is 68.9 Å². The number of nitrogens with one attached hydrogen (secondary N) is 1. The zero-order chi connectivity index (χ0) is 19.0. The molecular formula is C21H18N4O2. The highest BCUT2D eigenvalue weighted by Gasteiger charge is 2.14. The Morgan fingerprint density at radius 1 is 0.815 bits per heavy atom. The van der Waals surface area contributed by atoms with Crippen molar-refractivity contribution in [3.63, 3.8) is 0 Å². The number of benzene rings is 2. The van der Waals surface area contributed by atoms with E-state index >= 15 is 0 Å². The molecule has 6 nitrogen and oxygen atoms in total. The van der Waals surface area contributed by atoms with E-state index in [1.54, 1.807) is 19.3 Å². The summed E-state index contributed by atoms with van der Waals surface area (Å²) < 4.78 is 2.48. The number of pyridine rings is 1. The van der Waals surface area contributed by atoms with Gasteiger partial charge in [0.1, 0.15) is 5.39 Å². The molecule has 0 amide bonds. The summed E-state index contributed by atoms with van der Waals surface area (Å²) in [6.07, 6.45) is 1.59. The number of fused-ring (bicyclic) bond motifs is 1. The maximum atomic E-state index is 12.7. The normalized spacial score (nSPS) is 10.9. The van der Waals surface area contributed by atoms with Crippen LogP contribution >= 0.6 is 0 Å². The molecule has 134 valence electrons. The van der Waals surface area contributed by atoms with Crippen LogP contribution in [0.4, 0.5) is 11.4 Å². The predicted octanol–water partition coefficient (Wildman–Crippen LogP) is 3.04. The highest BCUT2D eigenvalue weighted by molar-refractivity contribution is 5.92. The zero-order valence-electron chi connectivity index (χ0n) is 15.0. The highest BCUT2D eigenvalue weighted by Crippen LogP contribution is 2.31. The molecular weight excluding hydrogens is 340 g/mol. The first-order valence-electron chi connectivity index (χ1n) is 8.54. The number of anilines is 2. The molecule has 0 aliphatic carbocycles. The number of nitrogens with zero attached hydrogens (tertiary/aromatic N) is 3. The van der Waals surface area contributed by atoms with E-state index < -0.39 is 5.69 Å². The molecule has 0 bridgehead atoms. The second-order valence-electron chi connectivity index (χ2n) is 6.30. The van der Waals surface area contributed by atoms with Gasteiger partial charge in [0, 0.05) is 31.5 Å². The number of hydrogen-bond acceptors (Lipinski definition) is 4. The lowest BCUT2D eigenvalue weighted by molar-refractivity contribution is 0.708. The molecule has 4 aromatic rings. The maximum absolute atomic E-state index is 12.7. The first-order valence-corrected chi connectivity index (χ1v) is 8.54. The minimum Gasteiger partial charge on any atom is -0.354 e. The fraction of sp³-hybridized carbons (Fsp3) is 0.0952. The zero-order valence-corrected chi connectivity index (χ0v) is 15.0. The van der Waals surface area contributed by atoms with E-state index in [1.807, 2.05) is 54.6 Å². The van der Waals surface area contributed by atoms with Gasteiger partial charge >= 0.3 is 5.69 Å². The Hall–Kier alpha value is -3.67.